The number of ether oxygens (including phenoxy) is 1. The predicted molar refractivity (Wildman–Crippen MR) is 76.0 cm³/mol. The van der Waals surface area contributed by atoms with Crippen molar-refractivity contribution in [3.05, 3.63) is 21.9 Å². The summed E-state index contributed by atoms with van der Waals surface area (Å²) in [6, 6.07) is 2.09. The largest absolute Gasteiger partial charge is 0.386 e. The Kier molecular flexibility index (Phi) is 5.22. The predicted octanol–water partition coefficient (Wildman–Crippen LogP) is 4.08. The van der Waals surface area contributed by atoms with Gasteiger partial charge in [-0.25, -0.2) is 0 Å². The summed E-state index contributed by atoms with van der Waals surface area (Å²) in [5, 5.41) is 12.6. The first kappa shape index (κ1) is 14.0. The summed E-state index contributed by atoms with van der Waals surface area (Å²) in [6.45, 7) is 4.78. The van der Waals surface area contributed by atoms with Gasteiger partial charge < -0.3 is 9.84 Å². The first-order chi connectivity index (χ1) is 8.72. The van der Waals surface area contributed by atoms with E-state index in [9.17, 15) is 5.11 Å². The molecule has 3 heteroatoms. The normalized spacial score (nSPS) is 20.8. The zero-order valence-corrected chi connectivity index (χ0v) is 12.2. The third-order valence-electron chi connectivity index (χ3n) is 3.88. The molecule has 2 rings (SSSR count). The maximum atomic E-state index is 10.6. The topological polar surface area (TPSA) is 29.5 Å². The summed E-state index contributed by atoms with van der Waals surface area (Å²) in [5.74, 6) is 0.522. The average molecular weight is 268 g/mol. The summed E-state index contributed by atoms with van der Waals surface area (Å²) in [7, 11) is 0. The summed E-state index contributed by atoms with van der Waals surface area (Å²) < 4.78 is 5.86. The van der Waals surface area contributed by atoms with Crippen LogP contribution in [0.4, 0.5) is 0 Å². The van der Waals surface area contributed by atoms with Crippen LogP contribution >= 0.6 is 11.3 Å². The molecule has 1 aromatic rings. The molecule has 18 heavy (non-hydrogen) atoms. The fourth-order valence-corrected chi connectivity index (χ4v) is 3.68. The van der Waals surface area contributed by atoms with E-state index in [0.717, 1.165) is 5.56 Å². The van der Waals surface area contributed by atoms with E-state index >= 15 is 0 Å². The number of aliphatic hydroxyl groups excluding tert-OH is 1. The van der Waals surface area contributed by atoms with Crippen LogP contribution in [0.15, 0.2) is 11.4 Å². The lowest BCUT2D eigenvalue weighted by atomic mass is 9.82. The molecular weight excluding hydrogens is 244 g/mol. The maximum Gasteiger partial charge on any atom is 0.106 e. The van der Waals surface area contributed by atoms with Gasteiger partial charge in [-0.15, -0.1) is 11.3 Å². The van der Waals surface area contributed by atoms with Crippen LogP contribution in [0, 0.1) is 12.8 Å². The molecule has 1 aliphatic carbocycles. The third kappa shape index (κ3) is 3.34. The van der Waals surface area contributed by atoms with Gasteiger partial charge in [-0.05, 0) is 49.6 Å². The van der Waals surface area contributed by atoms with Crippen LogP contribution in [0.5, 0.6) is 0 Å². The summed E-state index contributed by atoms with van der Waals surface area (Å²) in [4.78, 5) is 1.25. The van der Waals surface area contributed by atoms with Gasteiger partial charge >= 0.3 is 0 Å². The molecule has 1 heterocycles. The lowest BCUT2D eigenvalue weighted by Gasteiger charge is -2.33. The fraction of sp³-hybridized carbons (Fsp3) is 0.733. The highest BCUT2D eigenvalue weighted by Crippen LogP contribution is 2.35. The Balaban J connectivity index is 2.08. The van der Waals surface area contributed by atoms with Crippen LogP contribution in [0.25, 0.3) is 0 Å². The van der Waals surface area contributed by atoms with Crippen LogP contribution in [0.1, 0.15) is 55.6 Å². The molecule has 1 saturated carbocycles. The SMILES string of the molecule is CCOC(C1CCCCC1)C(O)c1csc(C)c1. The molecule has 1 N–H and O–H groups in total. The van der Waals surface area contributed by atoms with Gasteiger partial charge in [0.15, 0.2) is 0 Å². The second-order valence-corrected chi connectivity index (χ2v) is 6.37. The van der Waals surface area contributed by atoms with E-state index in [0.29, 0.717) is 12.5 Å². The van der Waals surface area contributed by atoms with E-state index in [-0.39, 0.29) is 6.10 Å². The number of aliphatic hydroxyl groups is 1. The van der Waals surface area contributed by atoms with Crippen LogP contribution < -0.4 is 0 Å². The number of hydrogen-bond acceptors (Lipinski definition) is 3. The Labute approximate surface area is 114 Å². The molecule has 0 aliphatic heterocycles. The van der Waals surface area contributed by atoms with Gasteiger partial charge in [0.05, 0.1) is 6.10 Å². The molecule has 0 radical (unpaired) electrons. The third-order valence-corrected chi connectivity index (χ3v) is 4.76. The van der Waals surface area contributed by atoms with Gasteiger partial charge in [-0.1, -0.05) is 19.3 Å². The van der Waals surface area contributed by atoms with Gasteiger partial charge in [0, 0.05) is 11.5 Å². The maximum absolute atomic E-state index is 10.6. The van der Waals surface area contributed by atoms with E-state index < -0.39 is 6.10 Å². The highest BCUT2D eigenvalue weighted by Gasteiger charge is 2.31. The van der Waals surface area contributed by atoms with Gasteiger partial charge in [0.25, 0.3) is 0 Å². The van der Waals surface area contributed by atoms with Crippen molar-refractivity contribution in [2.45, 2.75) is 58.2 Å². The van der Waals surface area contributed by atoms with Crippen molar-refractivity contribution >= 4 is 11.3 Å². The lowest BCUT2D eigenvalue weighted by molar-refractivity contribution is -0.0737. The van der Waals surface area contributed by atoms with Gasteiger partial charge in [0.1, 0.15) is 6.10 Å². The lowest BCUT2D eigenvalue weighted by Crippen LogP contribution is -2.32. The van der Waals surface area contributed by atoms with Gasteiger partial charge in [0.2, 0.25) is 0 Å². The highest BCUT2D eigenvalue weighted by molar-refractivity contribution is 7.10. The van der Waals surface area contributed by atoms with Crippen molar-refractivity contribution < 1.29 is 9.84 Å². The quantitative estimate of drug-likeness (QED) is 0.872. The van der Waals surface area contributed by atoms with Gasteiger partial charge in [-0.3, -0.25) is 0 Å². The monoisotopic (exact) mass is 268 g/mol. The highest BCUT2D eigenvalue weighted by atomic mass is 32.1. The van der Waals surface area contributed by atoms with E-state index in [1.54, 1.807) is 11.3 Å². The first-order valence-electron chi connectivity index (χ1n) is 7.07. The van der Waals surface area contributed by atoms with E-state index in [1.807, 2.05) is 6.92 Å². The minimum atomic E-state index is -0.460. The minimum Gasteiger partial charge on any atom is -0.386 e. The number of hydrogen-bond donors (Lipinski definition) is 1. The molecule has 2 nitrogen and oxygen atoms in total. The Hall–Kier alpha value is -0.380. The van der Waals surface area contributed by atoms with E-state index in [2.05, 4.69) is 18.4 Å². The summed E-state index contributed by atoms with van der Waals surface area (Å²) in [5.41, 5.74) is 1.03. The smallest absolute Gasteiger partial charge is 0.106 e. The van der Waals surface area contributed by atoms with Crippen LogP contribution in [-0.4, -0.2) is 17.8 Å². The Morgan fingerprint density at radius 1 is 1.39 bits per heavy atom. The Morgan fingerprint density at radius 2 is 2.11 bits per heavy atom. The fourth-order valence-electron chi connectivity index (χ4n) is 2.95. The second kappa shape index (κ2) is 6.69. The molecule has 1 aliphatic rings. The first-order valence-corrected chi connectivity index (χ1v) is 7.95. The van der Waals surface area contributed by atoms with Crippen LogP contribution in [0.2, 0.25) is 0 Å². The summed E-state index contributed by atoms with van der Waals surface area (Å²) in [6.07, 6.45) is 5.81. The molecule has 0 spiro atoms. The van der Waals surface area contributed by atoms with E-state index in [4.69, 9.17) is 4.74 Å². The molecule has 2 unspecified atom stereocenters. The number of thiophene rings is 1. The second-order valence-electron chi connectivity index (χ2n) is 5.25. The van der Waals surface area contributed by atoms with Crippen molar-refractivity contribution in [2.24, 2.45) is 5.92 Å². The van der Waals surface area contributed by atoms with Crippen molar-refractivity contribution in [1.29, 1.82) is 0 Å². The number of aryl methyl sites for hydroxylation is 1. The Morgan fingerprint density at radius 3 is 2.67 bits per heavy atom. The van der Waals surface area contributed by atoms with Crippen LogP contribution in [0.3, 0.4) is 0 Å². The van der Waals surface area contributed by atoms with Crippen molar-refractivity contribution in [3.63, 3.8) is 0 Å². The zero-order valence-electron chi connectivity index (χ0n) is 11.4. The molecule has 0 bridgehead atoms. The Bertz CT molecular complexity index is 355. The van der Waals surface area contributed by atoms with Gasteiger partial charge in [-0.2, -0.15) is 0 Å². The minimum absolute atomic E-state index is 0.0238. The van der Waals surface area contributed by atoms with Crippen molar-refractivity contribution in [3.8, 4) is 0 Å². The zero-order chi connectivity index (χ0) is 13.0. The molecule has 1 fully saturated rings. The molecule has 2 atom stereocenters. The van der Waals surface area contributed by atoms with Crippen LogP contribution in [-0.2, 0) is 4.74 Å². The molecule has 0 amide bonds. The average Bonchev–Trinajstić information content (AvgIpc) is 2.83. The molecular formula is C15H24O2S. The summed E-state index contributed by atoms with van der Waals surface area (Å²) >= 11 is 1.70. The molecule has 102 valence electrons. The van der Waals surface area contributed by atoms with E-state index in [1.165, 1.54) is 37.0 Å². The number of rotatable bonds is 5. The van der Waals surface area contributed by atoms with Crippen molar-refractivity contribution in [1.82, 2.24) is 0 Å². The van der Waals surface area contributed by atoms with Crippen molar-refractivity contribution in [2.75, 3.05) is 6.61 Å². The standard InChI is InChI=1S/C15H24O2S/c1-3-17-15(12-7-5-4-6-8-12)14(16)13-9-11(2)18-10-13/h9-10,12,14-16H,3-8H2,1-2H3. The molecule has 1 aromatic heterocycles. The molecule has 0 aromatic carbocycles. The molecule has 0 saturated heterocycles.